The second-order valence-electron chi connectivity index (χ2n) is 6.80. The molecule has 2 saturated heterocycles. The van der Waals surface area contributed by atoms with E-state index in [9.17, 15) is 0 Å². The van der Waals surface area contributed by atoms with Crippen molar-refractivity contribution in [1.82, 2.24) is 4.90 Å². The summed E-state index contributed by atoms with van der Waals surface area (Å²) in [4.78, 5) is 2.78. The zero-order valence-corrected chi connectivity index (χ0v) is 11.9. The minimum atomic E-state index is 0.379. The highest BCUT2D eigenvalue weighted by atomic mass is 16.5. The smallest absolute Gasteiger partial charge is 0.0472 e. The average molecular weight is 252 g/mol. The zero-order chi connectivity index (χ0) is 12.8. The van der Waals surface area contributed by atoms with Gasteiger partial charge < -0.3 is 10.5 Å². The van der Waals surface area contributed by atoms with Crippen molar-refractivity contribution in [2.45, 2.75) is 64.1 Å². The van der Waals surface area contributed by atoms with E-state index in [0.717, 1.165) is 31.2 Å². The highest BCUT2D eigenvalue weighted by Gasteiger charge is 2.56. The van der Waals surface area contributed by atoms with Crippen LogP contribution in [0, 0.1) is 11.3 Å². The molecule has 3 nitrogen and oxygen atoms in total. The fourth-order valence-electron chi connectivity index (χ4n) is 4.52. The minimum Gasteiger partial charge on any atom is -0.381 e. The number of hydrogen-bond acceptors (Lipinski definition) is 3. The van der Waals surface area contributed by atoms with Crippen molar-refractivity contribution in [3.8, 4) is 0 Å². The summed E-state index contributed by atoms with van der Waals surface area (Å²) in [6, 6.07) is 1.88. The lowest BCUT2D eigenvalue weighted by Crippen LogP contribution is -2.70. The normalized spacial score (nSPS) is 44.8. The molecule has 0 radical (unpaired) electrons. The number of ether oxygens (including phenoxy) is 1. The van der Waals surface area contributed by atoms with Crippen LogP contribution >= 0.6 is 0 Å². The van der Waals surface area contributed by atoms with E-state index in [2.05, 4.69) is 18.7 Å². The predicted octanol–water partition coefficient (Wildman–Crippen LogP) is 2.00. The predicted molar refractivity (Wildman–Crippen MR) is 73.4 cm³/mol. The van der Waals surface area contributed by atoms with Gasteiger partial charge in [0.25, 0.3) is 0 Å². The van der Waals surface area contributed by atoms with E-state index in [0.29, 0.717) is 11.5 Å². The molecule has 2 heterocycles. The van der Waals surface area contributed by atoms with Crippen molar-refractivity contribution in [2.24, 2.45) is 17.1 Å². The van der Waals surface area contributed by atoms with E-state index < -0.39 is 0 Å². The number of piperidine rings is 1. The first-order valence-corrected chi connectivity index (χ1v) is 7.74. The lowest BCUT2D eigenvalue weighted by Gasteiger charge is -2.62. The summed E-state index contributed by atoms with van der Waals surface area (Å²) in [6.45, 7) is 7.95. The van der Waals surface area contributed by atoms with Gasteiger partial charge in [-0.3, -0.25) is 4.90 Å². The summed E-state index contributed by atoms with van der Waals surface area (Å²) in [5.74, 6) is 0.840. The highest BCUT2D eigenvalue weighted by Crippen LogP contribution is 2.51. The Morgan fingerprint density at radius 3 is 2.61 bits per heavy atom. The lowest BCUT2D eigenvalue weighted by molar-refractivity contribution is -0.132. The largest absolute Gasteiger partial charge is 0.381 e. The van der Waals surface area contributed by atoms with Crippen molar-refractivity contribution in [1.29, 1.82) is 0 Å². The molecule has 2 aliphatic heterocycles. The number of rotatable bonds is 1. The zero-order valence-electron chi connectivity index (χ0n) is 11.9. The van der Waals surface area contributed by atoms with Gasteiger partial charge in [0.1, 0.15) is 0 Å². The van der Waals surface area contributed by atoms with E-state index in [1.54, 1.807) is 0 Å². The molecule has 3 heteroatoms. The van der Waals surface area contributed by atoms with Crippen molar-refractivity contribution < 1.29 is 4.74 Å². The first kappa shape index (κ1) is 12.9. The molecule has 18 heavy (non-hydrogen) atoms. The van der Waals surface area contributed by atoms with Gasteiger partial charge in [0.15, 0.2) is 0 Å². The Labute approximate surface area is 111 Å². The number of likely N-dealkylation sites (tertiary alicyclic amines) is 1. The van der Waals surface area contributed by atoms with Gasteiger partial charge in [0.05, 0.1) is 0 Å². The van der Waals surface area contributed by atoms with Crippen LogP contribution in [-0.2, 0) is 4.74 Å². The third-order valence-electron chi connectivity index (χ3n) is 6.13. The molecule has 1 spiro atoms. The van der Waals surface area contributed by atoms with Crippen LogP contribution in [0.4, 0.5) is 0 Å². The van der Waals surface area contributed by atoms with Crippen LogP contribution < -0.4 is 5.73 Å². The number of nitrogens with zero attached hydrogens (tertiary/aromatic N) is 1. The summed E-state index contributed by atoms with van der Waals surface area (Å²) in [6.07, 6.45) is 6.32. The summed E-state index contributed by atoms with van der Waals surface area (Å²) >= 11 is 0. The molecule has 0 aromatic rings. The average Bonchev–Trinajstić information content (AvgIpc) is 2.41. The Morgan fingerprint density at radius 1 is 1.22 bits per heavy atom. The van der Waals surface area contributed by atoms with Gasteiger partial charge in [-0.1, -0.05) is 6.92 Å². The van der Waals surface area contributed by atoms with Crippen LogP contribution in [0.1, 0.15) is 46.0 Å². The lowest BCUT2D eigenvalue weighted by atomic mass is 9.55. The fourth-order valence-corrected chi connectivity index (χ4v) is 4.52. The molecule has 1 saturated carbocycles. The van der Waals surface area contributed by atoms with E-state index in [1.165, 1.54) is 38.6 Å². The van der Waals surface area contributed by atoms with Gasteiger partial charge in [-0.25, -0.2) is 0 Å². The van der Waals surface area contributed by atoms with Gasteiger partial charge >= 0.3 is 0 Å². The molecule has 3 rings (SSSR count). The second kappa shape index (κ2) is 4.77. The van der Waals surface area contributed by atoms with E-state index >= 15 is 0 Å². The molecule has 3 aliphatic rings. The molecule has 0 aromatic carbocycles. The Hall–Kier alpha value is -0.120. The molecule has 3 fully saturated rings. The minimum absolute atomic E-state index is 0.379. The summed E-state index contributed by atoms with van der Waals surface area (Å²) in [5.41, 5.74) is 6.76. The van der Waals surface area contributed by atoms with Gasteiger partial charge in [0.2, 0.25) is 0 Å². The van der Waals surface area contributed by atoms with Crippen LogP contribution in [0.2, 0.25) is 0 Å². The monoisotopic (exact) mass is 252 g/mol. The highest BCUT2D eigenvalue weighted by molar-refractivity contribution is 5.11. The van der Waals surface area contributed by atoms with Gasteiger partial charge in [-0.2, -0.15) is 0 Å². The molecule has 1 aliphatic carbocycles. The molecule has 0 aromatic heterocycles. The van der Waals surface area contributed by atoms with Crippen LogP contribution in [-0.4, -0.2) is 42.8 Å². The standard InChI is InChI=1S/C15H28N2O/c1-11-4-3-7-17(12(11)2)14-10-13(16)15(14)5-8-18-9-6-15/h11-14H,3-10,16H2,1-2H3. The molecule has 2 N–H and O–H groups in total. The third kappa shape index (κ3) is 1.83. The Balaban J connectivity index is 1.75. The van der Waals surface area contributed by atoms with E-state index in [1.807, 2.05) is 0 Å². The van der Waals surface area contributed by atoms with Gasteiger partial charge in [0, 0.05) is 36.8 Å². The Bertz CT molecular complexity index is 301. The fraction of sp³-hybridized carbons (Fsp3) is 1.00. The molecule has 104 valence electrons. The van der Waals surface area contributed by atoms with Crippen molar-refractivity contribution in [3.05, 3.63) is 0 Å². The van der Waals surface area contributed by atoms with Crippen LogP contribution in [0.25, 0.3) is 0 Å². The van der Waals surface area contributed by atoms with Gasteiger partial charge in [-0.15, -0.1) is 0 Å². The van der Waals surface area contributed by atoms with Crippen molar-refractivity contribution in [3.63, 3.8) is 0 Å². The number of hydrogen-bond donors (Lipinski definition) is 1. The van der Waals surface area contributed by atoms with E-state index in [4.69, 9.17) is 10.5 Å². The van der Waals surface area contributed by atoms with Crippen LogP contribution in [0.15, 0.2) is 0 Å². The Morgan fingerprint density at radius 2 is 1.94 bits per heavy atom. The molecule has 4 atom stereocenters. The van der Waals surface area contributed by atoms with Crippen LogP contribution in [0.3, 0.4) is 0 Å². The maximum atomic E-state index is 6.38. The SMILES string of the molecule is CC1CCCN(C2CC(N)C23CCOCC3)C1C. The quantitative estimate of drug-likeness (QED) is 0.776. The van der Waals surface area contributed by atoms with Crippen LogP contribution in [0.5, 0.6) is 0 Å². The molecule has 0 amide bonds. The van der Waals surface area contributed by atoms with Crippen molar-refractivity contribution in [2.75, 3.05) is 19.8 Å². The summed E-state index contributed by atoms with van der Waals surface area (Å²) in [5, 5.41) is 0. The molecular formula is C15H28N2O. The topological polar surface area (TPSA) is 38.5 Å². The summed E-state index contributed by atoms with van der Waals surface area (Å²) < 4.78 is 5.56. The Kier molecular flexibility index (Phi) is 3.41. The maximum absolute atomic E-state index is 6.38. The molecule has 0 bridgehead atoms. The van der Waals surface area contributed by atoms with Crippen molar-refractivity contribution >= 4 is 0 Å². The molecular weight excluding hydrogens is 224 g/mol. The first-order chi connectivity index (χ1) is 8.65. The van der Waals surface area contributed by atoms with Gasteiger partial charge in [-0.05, 0) is 51.5 Å². The third-order valence-corrected chi connectivity index (χ3v) is 6.13. The summed E-state index contributed by atoms with van der Waals surface area (Å²) in [7, 11) is 0. The first-order valence-electron chi connectivity index (χ1n) is 7.74. The second-order valence-corrected chi connectivity index (χ2v) is 6.80. The maximum Gasteiger partial charge on any atom is 0.0472 e. The number of nitrogens with two attached hydrogens (primary N) is 1. The molecule has 4 unspecified atom stereocenters. The van der Waals surface area contributed by atoms with E-state index in [-0.39, 0.29) is 0 Å².